The summed E-state index contributed by atoms with van der Waals surface area (Å²) in [5.74, 6) is -0.846. The summed E-state index contributed by atoms with van der Waals surface area (Å²) in [5.41, 5.74) is -2.26. The number of sulfonamides is 1. The number of hydrogen-bond donors (Lipinski definition) is 2. The molecular formula is C20H18FN3O5S. The van der Waals surface area contributed by atoms with E-state index in [0.29, 0.717) is 0 Å². The molecule has 10 heteroatoms. The van der Waals surface area contributed by atoms with Crippen LogP contribution >= 0.6 is 0 Å². The van der Waals surface area contributed by atoms with E-state index >= 15 is 0 Å². The quantitative estimate of drug-likeness (QED) is 0.710. The zero-order valence-corrected chi connectivity index (χ0v) is 16.7. The number of para-hydroxylation sites is 1. The molecule has 1 heterocycles. The lowest BCUT2D eigenvalue weighted by Gasteiger charge is -2.31. The predicted molar refractivity (Wildman–Crippen MR) is 105 cm³/mol. The molecule has 0 saturated carbocycles. The first kappa shape index (κ1) is 21.7. The fraction of sp³-hybridized carbons (Fsp3) is 0.300. The van der Waals surface area contributed by atoms with Crippen molar-refractivity contribution in [3.63, 3.8) is 0 Å². The Morgan fingerprint density at radius 3 is 2.50 bits per heavy atom. The molecule has 2 aromatic rings. The highest BCUT2D eigenvalue weighted by Crippen LogP contribution is 2.36. The second-order valence-electron chi connectivity index (χ2n) is 6.88. The molecule has 2 aromatic carbocycles. The second-order valence-corrected chi connectivity index (χ2v) is 8.78. The molecule has 0 spiro atoms. The zero-order valence-electron chi connectivity index (χ0n) is 15.9. The maximum absolute atomic E-state index is 13.9. The van der Waals surface area contributed by atoms with E-state index in [1.807, 2.05) is 0 Å². The Hall–Kier alpha value is -3.02. The average molecular weight is 431 g/mol. The van der Waals surface area contributed by atoms with E-state index in [9.17, 15) is 23.0 Å². The van der Waals surface area contributed by atoms with Crippen LogP contribution in [0.3, 0.4) is 0 Å². The summed E-state index contributed by atoms with van der Waals surface area (Å²) < 4.78 is 46.7. The minimum absolute atomic E-state index is 0.0234. The molecule has 1 saturated heterocycles. The van der Waals surface area contributed by atoms with Crippen LogP contribution < -0.4 is 4.74 Å². The Labute approximate surface area is 173 Å². The molecule has 2 N–H and O–H groups in total. The standard InChI is InChI=1S/C20H18FN3O5S/c1-13(25)20(26)12-24(30(27,28)18-7-5-4-6-17(18)23-3)11-19(20)29-14-8-9-16(22-2)15(21)10-14/h4-10,13,19,25-26H,11-12H2,1H3/t13-,19-,20+/m0/s1. The molecule has 0 radical (unpaired) electrons. The van der Waals surface area contributed by atoms with Crippen molar-refractivity contribution in [2.45, 2.75) is 29.6 Å². The van der Waals surface area contributed by atoms with Gasteiger partial charge in [-0.05, 0) is 19.1 Å². The fourth-order valence-electron chi connectivity index (χ4n) is 3.24. The van der Waals surface area contributed by atoms with Gasteiger partial charge in [-0.25, -0.2) is 22.5 Å². The van der Waals surface area contributed by atoms with Crippen LogP contribution in [0.25, 0.3) is 9.69 Å². The minimum atomic E-state index is -4.18. The van der Waals surface area contributed by atoms with E-state index in [4.69, 9.17) is 17.9 Å². The number of ether oxygens (including phenoxy) is 1. The van der Waals surface area contributed by atoms with E-state index in [-0.39, 0.29) is 28.6 Å². The van der Waals surface area contributed by atoms with Crippen LogP contribution in [0.4, 0.5) is 15.8 Å². The molecule has 1 aliphatic rings. The molecule has 30 heavy (non-hydrogen) atoms. The maximum atomic E-state index is 13.9. The summed E-state index contributed by atoms with van der Waals surface area (Å²) in [6.07, 6.45) is -2.59. The van der Waals surface area contributed by atoms with Gasteiger partial charge in [0.1, 0.15) is 23.3 Å². The molecule has 156 valence electrons. The van der Waals surface area contributed by atoms with Gasteiger partial charge in [-0.1, -0.05) is 24.3 Å². The van der Waals surface area contributed by atoms with E-state index in [2.05, 4.69) is 9.69 Å². The average Bonchev–Trinajstić information content (AvgIpc) is 3.06. The lowest BCUT2D eigenvalue weighted by molar-refractivity contribution is -0.104. The minimum Gasteiger partial charge on any atom is -0.486 e. The number of halogens is 1. The Morgan fingerprint density at radius 1 is 1.23 bits per heavy atom. The number of nitrogens with zero attached hydrogens (tertiary/aromatic N) is 3. The molecule has 3 atom stereocenters. The molecule has 0 aliphatic carbocycles. The van der Waals surface area contributed by atoms with E-state index in [0.717, 1.165) is 10.4 Å². The lowest BCUT2D eigenvalue weighted by Crippen LogP contribution is -2.53. The summed E-state index contributed by atoms with van der Waals surface area (Å²) in [6, 6.07) is 9.16. The first-order valence-corrected chi connectivity index (χ1v) is 10.3. The van der Waals surface area contributed by atoms with Crippen molar-refractivity contribution in [2.24, 2.45) is 0 Å². The highest BCUT2D eigenvalue weighted by molar-refractivity contribution is 7.89. The summed E-state index contributed by atoms with van der Waals surface area (Å²) in [4.78, 5) is 6.02. The monoisotopic (exact) mass is 431 g/mol. The number of benzene rings is 2. The van der Waals surface area contributed by atoms with Crippen molar-refractivity contribution in [2.75, 3.05) is 13.1 Å². The Morgan fingerprint density at radius 2 is 1.90 bits per heavy atom. The van der Waals surface area contributed by atoms with E-state index < -0.39 is 40.2 Å². The van der Waals surface area contributed by atoms with Gasteiger partial charge in [0.05, 0.1) is 30.7 Å². The Balaban J connectivity index is 1.95. The molecule has 0 bridgehead atoms. The maximum Gasteiger partial charge on any atom is 0.233 e. The van der Waals surface area contributed by atoms with Gasteiger partial charge in [0.2, 0.25) is 21.4 Å². The molecule has 1 fully saturated rings. The Bertz CT molecular complexity index is 1160. The predicted octanol–water partition coefficient (Wildman–Crippen LogP) is 2.49. The van der Waals surface area contributed by atoms with Crippen LogP contribution in [0.2, 0.25) is 0 Å². The molecule has 0 unspecified atom stereocenters. The van der Waals surface area contributed by atoms with E-state index in [1.165, 1.54) is 43.3 Å². The molecular weight excluding hydrogens is 413 g/mol. The van der Waals surface area contributed by atoms with Crippen molar-refractivity contribution in [3.05, 3.63) is 71.1 Å². The third kappa shape index (κ3) is 3.74. The molecule has 1 aliphatic heterocycles. The summed E-state index contributed by atoms with van der Waals surface area (Å²) >= 11 is 0. The van der Waals surface area contributed by atoms with Crippen molar-refractivity contribution < 1.29 is 27.8 Å². The number of rotatable bonds is 5. The smallest absolute Gasteiger partial charge is 0.233 e. The van der Waals surface area contributed by atoms with Crippen molar-refractivity contribution >= 4 is 21.4 Å². The van der Waals surface area contributed by atoms with Crippen molar-refractivity contribution in [1.29, 1.82) is 0 Å². The number of aliphatic hydroxyl groups is 2. The fourth-order valence-corrected chi connectivity index (χ4v) is 4.85. The van der Waals surface area contributed by atoms with Gasteiger partial charge in [-0.3, -0.25) is 0 Å². The third-order valence-corrected chi connectivity index (χ3v) is 6.86. The van der Waals surface area contributed by atoms with Crippen LogP contribution in [-0.4, -0.2) is 53.8 Å². The number of aliphatic hydroxyl groups excluding tert-OH is 1. The largest absolute Gasteiger partial charge is 0.486 e. The van der Waals surface area contributed by atoms with Gasteiger partial charge >= 0.3 is 0 Å². The van der Waals surface area contributed by atoms with Crippen LogP contribution in [0.5, 0.6) is 5.75 Å². The summed E-state index contributed by atoms with van der Waals surface area (Å²) in [6.45, 7) is 14.6. The first-order valence-electron chi connectivity index (χ1n) is 8.84. The zero-order chi connectivity index (χ0) is 22.1. The highest BCUT2D eigenvalue weighted by atomic mass is 32.2. The van der Waals surface area contributed by atoms with E-state index in [1.54, 1.807) is 0 Å². The topological polar surface area (TPSA) is 95.8 Å². The Kier molecular flexibility index (Phi) is 5.79. The summed E-state index contributed by atoms with van der Waals surface area (Å²) in [5, 5.41) is 21.1. The molecule has 0 amide bonds. The molecule has 8 nitrogen and oxygen atoms in total. The summed E-state index contributed by atoms with van der Waals surface area (Å²) in [7, 11) is -4.18. The normalized spacial score (nSPS) is 22.8. The lowest BCUT2D eigenvalue weighted by atomic mass is 9.94. The van der Waals surface area contributed by atoms with Crippen molar-refractivity contribution in [3.8, 4) is 5.75 Å². The van der Waals surface area contributed by atoms with Gasteiger partial charge in [-0.15, -0.1) is 0 Å². The van der Waals surface area contributed by atoms with Crippen LogP contribution in [0, 0.1) is 19.0 Å². The van der Waals surface area contributed by atoms with Gasteiger partial charge < -0.3 is 14.9 Å². The molecule has 0 aromatic heterocycles. The highest BCUT2D eigenvalue weighted by Gasteiger charge is 2.54. The van der Waals surface area contributed by atoms with Gasteiger partial charge in [0.25, 0.3) is 0 Å². The first-order chi connectivity index (χ1) is 14.1. The van der Waals surface area contributed by atoms with Crippen molar-refractivity contribution in [1.82, 2.24) is 4.31 Å². The van der Waals surface area contributed by atoms with Crippen LogP contribution in [0.15, 0.2) is 47.4 Å². The van der Waals surface area contributed by atoms with Crippen LogP contribution in [0.1, 0.15) is 6.92 Å². The number of β-amino-alcohol motifs (C(OH)–C–C–N with tert-alkyl or cyclic N) is 1. The van der Waals surface area contributed by atoms with Gasteiger partial charge in [-0.2, -0.15) is 4.31 Å². The van der Waals surface area contributed by atoms with Gasteiger partial charge in [0, 0.05) is 12.6 Å². The number of hydrogen-bond acceptors (Lipinski definition) is 5. The SMILES string of the molecule is [C-]#[N+]c1ccc(O[C@H]2CN(S(=O)(=O)c3ccccc3[N+]#[C-])C[C@@]2(O)[C@H](C)O)cc1F. The van der Waals surface area contributed by atoms with Gasteiger partial charge in [0.15, 0.2) is 0 Å². The second kappa shape index (κ2) is 8.01. The third-order valence-electron chi connectivity index (χ3n) is 5.00. The van der Waals surface area contributed by atoms with Crippen LogP contribution in [-0.2, 0) is 10.0 Å². The molecule has 3 rings (SSSR count).